The fourth-order valence-electron chi connectivity index (χ4n) is 1.31. The van der Waals surface area contributed by atoms with E-state index in [1.807, 2.05) is 14.0 Å². The molecule has 0 aliphatic heterocycles. The molecule has 0 saturated heterocycles. The van der Waals surface area contributed by atoms with Gasteiger partial charge in [-0.1, -0.05) is 33.1 Å². The molecule has 0 unspecified atom stereocenters. The van der Waals surface area contributed by atoms with E-state index in [0.717, 1.165) is 12.8 Å². The molecule has 0 fully saturated rings. The van der Waals surface area contributed by atoms with Crippen LogP contribution in [0.15, 0.2) is 0 Å². The van der Waals surface area contributed by atoms with Crippen molar-refractivity contribution in [2.24, 2.45) is 0 Å². The first-order chi connectivity index (χ1) is 5.76. The first kappa shape index (κ1) is 11.6. The molecule has 0 aliphatic rings. The molecule has 0 aliphatic carbocycles. The van der Waals surface area contributed by atoms with Gasteiger partial charge in [0.25, 0.3) is 0 Å². The highest BCUT2D eigenvalue weighted by atomic mass is 16.1. The Morgan fingerprint density at radius 3 is 2.42 bits per heavy atom. The first-order valence-corrected chi connectivity index (χ1v) is 4.96. The molecular weight excluding hydrogens is 150 g/mol. The van der Waals surface area contributed by atoms with Crippen LogP contribution < -0.4 is 5.32 Å². The Hall–Kier alpha value is -0.370. The Labute approximate surface area is 75.7 Å². The molecular formula is C10H21NO. The zero-order chi connectivity index (χ0) is 9.40. The lowest BCUT2D eigenvalue weighted by Gasteiger charge is -2.12. The van der Waals surface area contributed by atoms with Crippen molar-refractivity contribution in [1.82, 2.24) is 5.32 Å². The topological polar surface area (TPSA) is 29.1 Å². The molecule has 0 aromatic rings. The van der Waals surface area contributed by atoms with Gasteiger partial charge in [0.15, 0.2) is 0 Å². The normalized spacial score (nSPS) is 12.9. The number of hydrogen-bond acceptors (Lipinski definition) is 2. The second kappa shape index (κ2) is 7.29. The highest BCUT2D eigenvalue weighted by Gasteiger charge is 2.12. The number of carbonyl (C=O) groups is 1. The number of ketones is 1. The van der Waals surface area contributed by atoms with Crippen LogP contribution in [0.5, 0.6) is 0 Å². The molecule has 2 nitrogen and oxygen atoms in total. The summed E-state index contributed by atoms with van der Waals surface area (Å²) in [5.74, 6) is 0.341. The Morgan fingerprint density at radius 2 is 2.00 bits per heavy atom. The van der Waals surface area contributed by atoms with Crippen LogP contribution in [0.2, 0.25) is 0 Å². The average molecular weight is 171 g/mol. The van der Waals surface area contributed by atoms with Crippen LogP contribution in [-0.2, 0) is 4.79 Å². The number of nitrogens with one attached hydrogen (secondary N) is 1. The van der Waals surface area contributed by atoms with Gasteiger partial charge in [-0.05, 0) is 13.5 Å². The number of carbonyl (C=O) groups excluding carboxylic acids is 1. The van der Waals surface area contributed by atoms with E-state index in [-0.39, 0.29) is 6.04 Å². The Kier molecular flexibility index (Phi) is 7.06. The maximum Gasteiger partial charge on any atom is 0.149 e. The Bertz CT molecular complexity index is 123. The van der Waals surface area contributed by atoms with E-state index in [2.05, 4.69) is 12.2 Å². The van der Waals surface area contributed by atoms with Gasteiger partial charge < -0.3 is 5.32 Å². The number of unbranched alkanes of at least 4 members (excludes halogenated alkanes) is 2. The van der Waals surface area contributed by atoms with E-state index in [1.165, 1.54) is 12.8 Å². The minimum atomic E-state index is 0.0987. The minimum Gasteiger partial charge on any atom is -0.311 e. The lowest BCUT2D eigenvalue weighted by atomic mass is 10.0. The number of hydrogen-bond donors (Lipinski definition) is 1. The van der Waals surface area contributed by atoms with E-state index in [9.17, 15) is 4.79 Å². The third-order valence-corrected chi connectivity index (χ3v) is 2.18. The zero-order valence-corrected chi connectivity index (χ0v) is 8.52. The van der Waals surface area contributed by atoms with Crippen LogP contribution in [0.1, 0.15) is 46.0 Å². The predicted octanol–water partition coefficient (Wildman–Crippen LogP) is 2.13. The standard InChI is InChI=1S/C10H21NO/c1-4-6-7-8-9(11-3)10(12)5-2/h9,11H,4-8H2,1-3H3/t9-/m0/s1. The molecule has 72 valence electrons. The quantitative estimate of drug-likeness (QED) is 0.595. The summed E-state index contributed by atoms with van der Waals surface area (Å²) in [6.45, 7) is 4.10. The highest BCUT2D eigenvalue weighted by molar-refractivity contribution is 5.83. The van der Waals surface area contributed by atoms with Crippen LogP contribution in [0.4, 0.5) is 0 Å². The van der Waals surface area contributed by atoms with Gasteiger partial charge >= 0.3 is 0 Å². The van der Waals surface area contributed by atoms with Gasteiger partial charge in [-0.3, -0.25) is 4.79 Å². The SMILES string of the molecule is CCCCC[C@H](NC)C(=O)CC. The lowest BCUT2D eigenvalue weighted by molar-refractivity contribution is -0.120. The fourth-order valence-corrected chi connectivity index (χ4v) is 1.31. The van der Waals surface area contributed by atoms with Crippen molar-refractivity contribution in [3.63, 3.8) is 0 Å². The molecule has 0 aromatic carbocycles. The summed E-state index contributed by atoms with van der Waals surface area (Å²) in [5.41, 5.74) is 0. The van der Waals surface area contributed by atoms with E-state index in [1.54, 1.807) is 0 Å². The second-order valence-electron chi connectivity index (χ2n) is 3.16. The van der Waals surface area contributed by atoms with Gasteiger partial charge in [-0.25, -0.2) is 0 Å². The van der Waals surface area contributed by atoms with Crippen molar-refractivity contribution >= 4 is 5.78 Å². The number of rotatable bonds is 7. The molecule has 0 spiro atoms. The summed E-state index contributed by atoms with van der Waals surface area (Å²) in [7, 11) is 1.87. The molecule has 0 saturated carbocycles. The third kappa shape index (κ3) is 4.50. The predicted molar refractivity (Wildman–Crippen MR) is 52.3 cm³/mol. The monoisotopic (exact) mass is 171 g/mol. The van der Waals surface area contributed by atoms with Crippen molar-refractivity contribution in [3.05, 3.63) is 0 Å². The molecule has 0 radical (unpaired) electrons. The van der Waals surface area contributed by atoms with Gasteiger partial charge in [0, 0.05) is 6.42 Å². The fraction of sp³-hybridized carbons (Fsp3) is 0.900. The molecule has 0 bridgehead atoms. The zero-order valence-electron chi connectivity index (χ0n) is 8.52. The van der Waals surface area contributed by atoms with Crippen LogP contribution in [0.25, 0.3) is 0 Å². The smallest absolute Gasteiger partial charge is 0.149 e. The summed E-state index contributed by atoms with van der Waals surface area (Å²) in [5, 5.41) is 3.06. The van der Waals surface area contributed by atoms with Crippen LogP contribution in [0, 0.1) is 0 Å². The van der Waals surface area contributed by atoms with E-state index < -0.39 is 0 Å². The van der Waals surface area contributed by atoms with Crippen LogP contribution >= 0.6 is 0 Å². The lowest BCUT2D eigenvalue weighted by Crippen LogP contribution is -2.33. The Morgan fingerprint density at radius 1 is 1.33 bits per heavy atom. The van der Waals surface area contributed by atoms with Gasteiger partial charge in [-0.2, -0.15) is 0 Å². The summed E-state index contributed by atoms with van der Waals surface area (Å²) in [6.07, 6.45) is 5.26. The number of Topliss-reactive ketones (excluding diaryl/α,β-unsaturated/α-hetero) is 1. The molecule has 1 N–H and O–H groups in total. The Balaban J connectivity index is 3.60. The molecule has 0 heterocycles. The van der Waals surface area contributed by atoms with E-state index in [4.69, 9.17) is 0 Å². The molecule has 2 heteroatoms. The highest BCUT2D eigenvalue weighted by Crippen LogP contribution is 2.05. The van der Waals surface area contributed by atoms with Gasteiger partial charge in [0.2, 0.25) is 0 Å². The van der Waals surface area contributed by atoms with Gasteiger partial charge in [0.1, 0.15) is 5.78 Å². The van der Waals surface area contributed by atoms with E-state index >= 15 is 0 Å². The third-order valence-electron chi connectivity index (χ3n) is 2.18. The van der Waals surface area contributed by atoms with E-state index in [0.29, 0.717) is 12.2 Å². The van der Waals surface area contributed by atoms with Gasteiger partial charge in [0.05, 0.1) is 6.04 Å². The van der Waals surface area contributed by atoms with Crippen LogP contribution in [0.3, 0.4) is 0 Å². The average Bonchev–Trinajstić information content (AvgIpc) is 2.11. The summed E-state index contributed by atoms with van der Waals surface area (Å²) >= 11 is 0. The van der Waals surface area contributed by atoms with Crippen molar-refractivity contribution in [2.45, 2.75) is 52.0 Å². The maximum absolute atomic E-state index is 11.3. The van der Waals surface area contributed by atoms with Crippen molar-refractivity contribution in [3.8, 4) is 0 Å². The first-order valence-electron chi connectivity index (χ1n) is 4.96. The molecule has 0 aromatic heterocycles. The summed E-state index contributed by atoms with van der Waals surface area (Å²) in [6, 6.07) is 0.0987. The summed E-state index contributed by atoms with van der Waals surface area (Å²) < 4.78 is 0. The van der Waals surface area contributed by atoms with Crippen LogP contribution in [-0.4, -0.2) is 18.9 Å². The van der Waals surface area contributed by atoms with Crippen molar-refractivity contribution in [1.29, 1.82) is 0 Å². The molecule has 0 amide bonds. The molecule has 0 rings (SSSR count). The number of likely N-dealkylation sites (N-methyl/N-ethyl adjacent to an activating group) is 1. The minimum absolute atomic E-state index is 0.0987. The largest absolute Gasteiger partial charge is 0.311 e. The van der Waals surface area contributed by atoms with Crippen molar-refractivity contribution in [2.75, 3.05) is 7.05 Å². The molecule has 12 heavy (non-hydrogen) atoms. The molecule has 1 atom stereocenters. The second-order valence-corrected chi connectivity index (χ2v) is 3.16. The maximum atomic E-state index is 11.3. The summed E-state index contributed by atoms with van der Waals surface area (Å²) in [4.78, 5) is 11.3. The van der Waals surface area contributed by atoms with Crippen molar-refractivity contribution < 1.29 is 4.79 Å². The van der Waals surface area contributed by atoms with Gasteiger partial charge in [-0.15, -0.1) is 0 Å².